The Bertz CT molecular complexity index is 563. The van der Waals surface area contributed by atoms with Gasteiger partial charge in [0, 0.05) is 9.75 Å². The molecule has 0 aliphatic carbocycles. The molecule has 0 aliphatic rings. The summed E-state index contributed by atoms with van der Waals surface area (Å²) >= 11 is 1.62. The maximum atomic E-state index is 13.8. The number of thiophene rings is 1. The van der Waals surface area contributed by atoms with E-state index in [0.717, 1.165) is 4.88 Å². The summed E-state index contributed by atoms with van der Waals surface area (Å²) < 4.78 is 27.5. The molecule has 0 fully saturated rings. The van der Waals surface area contributed by atoms with Crippen LogP contribution in [0.2, 0.25) is 0 Å². The van der Waals surface area contributed by atoms with Gasteiger partial charge in [-0.3, -0.25) is 0 Å². The van der Waals surface area contributed by atoms with Crippen LogP contribution >= 0.6 is 11.3 Å². The van der Waals surface area contributed by atoms with Gasteiger partial charge in [0.1, 0.15) is 11.5 Å². The number of rotatable bonds is 3. The SMILES string of the molecule is Cc1ccc(C(C)Nc2c(F)ccc(C)c2F)s1. The number of anilines is 1. The highest BCUT2D eigenvalue weighted by molar-refractivity contribution is 7.12. The Kier molecular flexibility index (Phi) is 3.66. The summed E-state index contributed by atoms with van der Waals surface area (Å²) in [6.45, 7) is 5.53. The average Bonchev–Trinajstić information content (AvgIpc) is 2.76. The van der Waals surface area contributed by atoms with Crippen molar-refractivity contribution < 1.29 is 8.78 Å². The van der Waals surface area contributed by atoms with Crippen LogP contribution in [0.3, 0.4) is 0 Å². The Morgan fingerprint density at radius 2 is 1.83 bits per heavy atom. The molecule has 2 aromatic rings. The Labute approximate surface area is 109 Å². The van der Waals surface area contributed by atoms with Gasteiger partial charge in [-0.05, 0) is 44.5 Å². The Balaban J connectivity index is 2.27. The first-order chi connectivity index (χ1) is 8.49. The van der Waals surface area contributed by atoms with Gasteiger partial charge in [-0.2, -0.15) is 0 Å². The number of nitrogens with one attached hydrogen (secondary N) is 1. The molecule has 0 saturated carbocycles. The topological polar surface area (TPSA) is 12.0 Å². The van der Waals surface area contributed by atoms with E-state index >= 15 is 0 Å². The fraction of sp³-hybridized carbons (Fsp3) is 0.286. The summed E-state index contributed by atoms with van der Waals surface area (Å²) in [5.74, 6) is -1.08. The van der Waals surface area contributed by atoms with E-state index in [9.17, 15) is 8.78 Å². The zero-order valence-electron chi connectivity index (χ0n) is 10.6. The summed E-state index contributed by atoms with van der Waals surface area (Å²) in [5.41, 5.74) is 0.391. The predicted molar refractivity (Wildman–Crippen MR) is 72.2 cm³/mol. The van der Waals surface area contributed by atoms with E-state index in [2.05, 4.69) is 5.32 Å². The van der Waals surface area contributed by atoms with E-state index < -0.39 is 11.6 Å². The summed E-state index contributed by atoms with van der Waals surface area (Å²) in [5, 5.41) is 2.91. The summed E-state index contributed by atoms with van der Waals surface area (Å²) in [6, 6.07) is 6.59. The molecule has 1 atom stereocenters. The minimum absolute atomic E-state index is 0.0476. The quantitative estimate of drug-likeness (QED) is 0.841. The molecular weight excluding hydrogens is 252 g/mol. The molecule has 0 aliphatic heterocycles. The minimum Gasteiger partial charge on any atom is -0.373 e. The fourth-order valence-corrected chi connectivity index (χ4v) is 2.64. The molecule has 0 bridgehead atoms. The van der Waals surface area contributed by atoms with E-state index in [1.165, 1.54) is 17.0 Å². The van der Waals surface area contributed by atoms with Gasteiger partial charge in [0.25, 0.3) is 0 Å². The average molecular weight is 267 g/mol. The van der Waals surface area contributed by atoms with E-state index in [-0.39, 0.29) is 11.7 Å². The lowest BCUT2D eigenvalue weighted by Gasteiger charge is -2.16. The van der Waals surface area contributed by atoms with Crippen LogP contribution in [0.4, 0.5) is 14.5 Å². The van der Waals surface area contributed by atoms with Crippen molar-refractivity contribution in [1.29, 1.82) is 0 Å². The summed E-state index contributed by atoms with van der Waals surface area (Å²) in [7, 11) is 0. The molecule has 1 nitrogen and oxygen atoms in total. The van der Waals surface area contributed by atoms with Gasteiger partial charge >= 0.3 is 0 Å². The molecule has 1 heterocycles. The number of benzene rings is 1. The maximum absolute atomic E-state index is 13.8. The molecule has 2 rings (SSSR count). The lowest BCUT2D eigenvalue weighted by Crippen LogP contribution is -2.09. The van der Waals surface area contributed by atoms with Gasteiger partial charge in [-0.25, -0.2) is 8.78 Å². The Hall–Kier alpha value is -1.42. The van der Waals surface area contributed by atoms with Crippen molar-refractivity contribution in [2.45, 2.75) is 26.8 Å². The van der Waals surface area contributed by atoms with Crippen molar-refractivity contribution in [1.82, 2.24) is 0 Å². The van der Waals surface area contributed by atoms with Gasteiger partial charge in [0.05, 0.1) is 6.04 Å². The van der Waals surface area contributed by atoms with Gasteiger partial charge in [-0.15, -0.1) is 11.3 Å². The van der Waals surface area contributed by atoms with Crippen molar-refractivity contribution in [2.75, 3.05) is 5.32 Å². The molecule has 4 heteroatoms. The predicted octanol–water partition coefficient (Wildman–Crippen LogP) is 4.82. The summed E-state index contributed by atoms with van der Waals surface area (Å²) in [6.07, 6.45) is 0. The molecule has 1 unspecified atom stereocenters. The molecule has 0 radical (unpaired) electrons. The van der Waals surface area contributed by atoms with Crippen LogP contribution in [0.25, 0.3) is 0 Å². The van der Waals surface area contributed by atoms with Gasteiger partial charge in [0.2, 0.25) is 0 Å². The van der Waals surface area contributed by atoms with E-state index in [1.807, 2.05) is 26.0 Å². The number of halogens is 2. The van der Waals surface area contributed by atoms with Gasteiger partial charge in [0.15, 0.2) is 5.82 Å². The van der Waals surface area contributed by atoms with Crippen molar-refractivity contribution in [3.8, 4) is 0 Å². The number of hydrogen-bond acceptors (Lipinski definition) is 2. The smallest absolute Gasteiger partial charge is 0.152 e. The Morgan fingerprint density at radius 3 is 2.44 bits per heavy atom. The van der Waals surface area contributed by atoms with Crippen LogP contribution in [-0.2, 0) is 0 Å². The third-order valence-corrected chi connectivity index (χ3v) is 4.02. The fourth-order valence-electron chi connectivity index (χ4n) is 1.76. The molecule has 1 aromatic heterocycles. The lowest BCUT2D eigenvalue weighted by atomic mass is 10.1. The van der Waals surface area contributed by atoms with Crippen LogP contribution in [0.1, 0.15) is 28.3 Å². The molecule has 0 spiro atoms. The lowest BCUT2D eigenvalue weighted by molar-refractivity contribution is 0.579. The standard InChI is InChI=1S/C14H15F2NS/c1-8-4-6-11(15)14(13(8)16)17-10(3)12-7-5-9(2)18-12/h4-7,10,17H,1-3H3. The number of aryl methyl sites for hydroxylation is 2. The van der Waals surface area contributed by atoms with Crippen LogP contribution in [0, 0.1) is 25.5 Å². The third-order valence-electron chi connectivity index (χ3n) is 2.83. The van der Waals surface area contributed by atoms with Crippen LogP contribution in [-0.4, -0.2) is 0 Å². The minimum atomic E-state index is -0.557. The van der Waals surface area contributed by atoms with Crippen molar-refractivity contribution in [2.24, 2.45) is 0 Å². The molecule has 1 N–H and O–H groups in total. The van der Waals surface area contributed by atoms with Gasteiger partial charge < -0.3 is 5.32 Å². The molecule has 1 aromatic carbocycles. The second kappa shape index (κ2) is 5.06. The van der Waals surface area contributed by atoms with E-state index in [0.29, 0.717) is 5.56 Å². The van der Waals surface area contributed by atoms with Crippen LogP contribution in [0.15, 0.2) is 24.3 Å². The molecule has 0 saturated heterocycles. The Morgan fingerprint density at radius 1 is 1.11 bits per heavy atom. The zero-order chi connectivity index (χ0) is 13.3. The van der Waals surface area contributed by atoms with Crippen molar-refractivity contribution >= 4 is 17.0 Å². The highest BCUT2D eigenvalue weighted by atomic mass is 32.1. The molecule has 96 valence electrons. The second-order valence-corrected chi connectivity index (χ2v) is 5.69. The third kappa shape index (κ3) is 2.53. The van der Waals surface area contributed by atoms with E-state index in [4.69, 9.17) is 0 Å². The monoisotopic (exact) mass is 267 g/mol. The van der Waals surface area contributed by atoms with Gasteiger partial charge in [-0.1, -0.05) is 6.07 Å². The highest BCUT2D eigenvalue weighted by Gasteiger charge is 2.15. The van der Waals surface area contributed by atoms with Crippen molar-refractivity contribution in [3.05, 3.63) is 51.2 Å². The molecular formula is C14H15F2NS. The number of hydrogen-bond donors (Lipinski definition) is 1. The largest absolute Gasteiger partial charge is 0.373 e. The van der Waals surface area contributed by atoms with Crippen LogP contribution < -0.4 is 5.32 Å². The first-order valence-corrected chi connectivity index (χ1v) is 6.58. The molecule has 0 amide bonds. The first kappa shape index (κ1) is 13.0. The zero-order valence-corrected chi connectivity index (χ0v) is 11.4. The first-order valence-electron chi connectivity index (χ1n) is 5.76. The van der Waals surface area contributed by atoms with Crippen LogP contribution in [0.5, 0.6) is 0 Å². The van der Waals surface area contributed by atoms with Crippen molar-refractivity contribution in [3.63, 3.8) is 0 Å². The molecule has 18 heavy (non-hydrogen) atoms. The normalized spacial score (nSPS) is 12.5. The maximum Gasteiger partial charge on any atom is 0.152 e. The summed E-state index contributed by atoms with van der Waals surface area (Å²) in [4.78, 5) is 2.25. The van der Waals surface area contributed by atoms with E-state index in [1.54, 1.807) is 18.3 Å². The second-order valence-electron chi connectivity index (χ2n) is 4.37. The highest BCUT2D eigenvalue weighted by Crippen LogP contribution is 2.29.